The second-order valence-corrected chi connectivity index (χ2v) is 8.05. The Balaban J connectivity index is 1.58. The van der Waals surface area contributed by atoms with Crippen molar-refractivity contribution in [1.82, 2.24) is 19.9 Å². The van der Waals surface area contributed by atoms with E-state index in [0.717, 1.165) is 11.1 Å². The quantitative estimate of drug-likeness (QED) is 0.446. The molecule has 0 spiro atoms. The molecule has 0 bridgehead atoms. The summed E-state index contributed by atoms with van der Waals surface area (Å²) in [4.78, 5) is 30.3. The predicted molar refractivity (Wildman–Crippen MR) is 125 cm³/mol. The normalized spacial score (nSPS) is 10.8. The van der Waals surface area contributed by atoms with Crippen LogP contribution in [0.5, 0.6) is 17.2 Å². The van der Waals surface area contributed by atoms with Gasteiger partial charge < -0.3 is 19.5 Å². The van der Waals surface area contributed by atoms with Gasteiger partial charge in [0.2, 0.25) is 10.7 Å². The highest BCUT2D eigenvalue weighted by molar-refractivity contribution is 7.19. The first-order valence-electron chi connectivity index (χ1n) is 9.99. The van der Waals surface area contributed by atoms with Gasteiger partial charge in [-0.25, -0.2) is 4.98 Å². The highest BCUT2D eigenvalue weighted by atomic mass is 32.1. The Morgan fingerprint density at radius 2 is 1.76 bits per heavy atom. The van der Waals surface area contributed by atoms with Gasteiger partial charge in [-0.2, -0.15) is 9.61 Å². The lowest BCUT2D eigenvalue weighted by Crippen LogP contribution is -2.25. The Hall–Kier alpha value is -3.92. The molecule has 0 aliphatic carbocycles. The van der Waals surface area contributed by atoms with Crippen LogP contribution in [0.25, 0.3) is 15.5 Å². The fourth-order valence-electron chi connectivity index (χ4n) is 3.35. The third-order valence-corrected chi connectivity index (χ3v) is 5.97. The Bertz CT molecular complexity index is 1370. The van der Waals surface area contributed by atoms with E-state index in [0.29, 0.717) is 38.5 Å². The van der Waals surface area contributed by atoms with Gasteiger partial charge in [0.25, 0.3) is 11.5 Å². The SMILES string of the molecule is COc1cc(C(=O)NCc2cc(=O)n3nc(-c4ccccc4C)sc3n2)cc(OC)c1OC. The molecule has 2 aromatic carbocycles. The van der Waals surface area contributed by atoms with Crippen LogP contribution in [0.3, 0.4) is 0 Å². The second kappa shape index (κ2) is 9.29. The van der Waals surface area contributed by atoms with Gasteiger partial charge in [0, 0.05) is 17.2 Å². The molecule has 0 unspecified atom stereocenters. The van der Waals surface area contributed by atoms with E-state index in [4.69, 9.17) is 14.2 Å². The van der Waals surface area contributed by atoms with E-state index in [2.05, 4.69) is 15.4 Å². The fraction of sp³-hybridized carbons (Fsp3) is 0.217. The number of carbonyl (C=O) groups excluding carboxylic acids is 1. The molecular weight excluding hydrogens is 444 g/mol. The van der Waals surface area contributed by atoms with Crippen LogP contribution in [-0.4, -0.2) is 41.8 Å². The van der Waals surface area contributed by atoms with Gasteiger partial charge in [-0.1, -0.05) is 35.6 Å². The van der Waals surface area contributed by atoms with Crippen molar-refractivity contribution in [3.8, 4) is 27.8 Å². The molecule has 0 aliphatic rings. The maximum absolute atomic E-state index is 12.7. The first kappa shape index (κ1) is 22.3. The van der Waals surface area contributed by atoms with Gasteiger partial charge in [0.05, 0.1) is 33.6 Å². The van der Waals surface area contributed by atoms with Crippen molar-refractivity contribution < 1.29 is 19.0 Å². The van der Waals surface area contributed by atoms with Crippen LogP contribution >= 0.6 is 11.3 Å². The van der Waals surface area contributed by atoms with Crippen molar-refractivity contribution in [3.05, 3.63) is 69.6 Å². The van der Waals surface area contributed by atoms with E-state index in [9.17, 15) is 9.59 Å². The van der Waals surface area contributed by atoms with E-state index in [1.54, 1.807) is 12.1 Å². The molecule has 9 nitrogen and oxygen atoms in total. The first-order valence-corrected chi connectivity index (χ1v) is 10.8. The minimum Gasteiger partial charge on any atom is -0.493 e. The number of hydrogen-bond donors (Lipinski definition) is 1. The van der Waals surface area contributed by atoms with E-state index < -0.39 is 0 Å². The first-order chi connectivity index (χ1) is 15.9. The van der Waals surface area contributed by atoms with Crippen molar-refractivity contribution in [2.45, 2.75) is 13.5 Å². The number of methoxy groups -OCH3 is 3. The highest BCUT2D eigenvalue weighted by Crippen LogP contribution is 2.38. The number of ether oxygens (including phenoxy) is 3. The van der Waals surface area contributed by atoms with Gasteiger partial charge in [0.1, 0.15) is 5.01 Å². The van der Waals surface area contributed by atoms with Crippen LogP contribution in [0, 0.1) is 6.92 Å². The number of aryl methyl sites for hydroxylation is 1. The monoisotopic (exact) mass is 466 g/mol. The molecule has 2 aromatic heterocycles. The lowest BCUT2D eigenvalue weighted by Gasteiger charge is -2.14. The topological polar surface area (TPSA) is 104 Å². The lowest BCUT2D eigenvalue weighted by molar-refractivity contribution is 0.0949. The highest BCUT2D eigenvalue weighted by Gasteiger charge is 2.18. The molecule has 1 amide bonds. The molecule has 4 rings (SSSR count). The van der Waals surface area contributed by atoms with Crippen LogP contribution in [0.1, 0.15) is 21.6 Å². The van der Waals surface area contributed by atoms with Gasteiger partial charge >= 0.3 is 0 Å². The van der Waals surface area contributed by atoms with Crippen LogP contribution in [0.15, 0.2) is 47.3 Å². The van der Waals surface area contributed by atoms with E-state index in [-0.39, 0.29) is 18.0 Å². The van der Waals surface area contributed by atoms with Gasteiger partial charge in [-0.3, -0.25) is 9.59 Å². The Morgan fingerprint density at radius 1 is 1.06 bits per heavy atom. The average Bonchev–Trinajstić information content (AvgIpc) is 3.26. The van der Waals surface area contributed by atoms with Gasteiger partial charge in [-0.05, 0) is 24.6 Å². The van der Waals surface area contributed by atoms with Gasteiger partial charge in [-0.15, -0.1) is 0 Å². The molecule has 33 heavy (non-hydrogen) atoms. The second-order valence-electron chi connectivity index (χ2n) is 7.10. The lowest BCUT2D eigenvalue weighted by atomic mass is 10.1. The van der Waals surface area contributed by atoms with E-state index >= 15 is 0 Å². The molecule has 4 aromatic rings. The van der Waals surface area contributed by atoms with E-state index in [1.807, 2.05) is 31.2 Å². The zero-order chi connectivity index (χ0) is 23.5. The van der Waals surface area contributed by atoms with Crippen LogP contribution < -0.4 is 25.1 Å². The summed E-state index contributed by atoms with van der Waals surface area (Å²) in [5.74, 6) is 0.758. The molecular formula is C23H22N4O5S. The number of rotatable bonds is 7. The summed E-state index contributed by atoms with van der Waals surface area (Å²) < 4.78 is 17.2. The minimum atomic E-state index is -0.374. The number of benzene rings is 2. The number of aromatic nitrogens is 3. The Labute approximate surface area is 193 Å². The van der Waals surface area contributed by atoms with Crippen molar-refractivity contribution in [2.75, 3.05) is 21.3 Å². The fourth-order valence-corrected chi connectivity index (χ4v) is 4.37. The summed E-state index contributed by atoms with van der Waals surface area (Å²) in [5.41, 5.74) is 2.45. The molecule has 170 valence electrons. The molecule has 0 atom stereocenters. The predicted octanol–water partition coefficient (Wildman–Crippen LogP) is 3.08. The maximum atomic E-state index is 12.7. The Kier molecular flexibility index (Phi) is 6.27. The maximum Gasteiger partial charge on any atom is 0.275 e. The zero-order valence-electron chi connectivity index (χ0n) is 18.5. The summed E-state index contributed by atoms with van der Waals surface area (Å²) in [6.07, 6.45) is 0. The van der Waals surface area contributed by atoms with Crippen LogP contribution in [0.4, 0.5) is 0 Å². The summed E-state index contributed by atoms with van der Waals surface area (Å²) >= 11 is 1.32. The van der Waals surface area contributed by atoms with Crippen molar-refractivity contribution in [1.29, 1.82) is 0 Å². The molecule has 0 aliphatic heterocycles. The molecule has 2 heterocycles. The summed E-state index contributed by atoms with van der Waals surface area (Å²) in [5, 5.41) is 7.90. The molecule has 0 radical (unpaired) electrons. The summed E-state index contributed by atoms with van der Waals surface area (Å²) in [6.45, 7) is 2.06. The van der Waals surface area contributed by atoms with Crippen LogP contribution in [-0.2, 0) is 6.54 Å². The summed E-state index contributed by atoms with van der Waals surface area (Å²) in [6, 6.07) is 12.3. The molecule has 10 heteroatoms. The number of hydrogen-bond acceptors (Lipinski definition) is 8. The van der Waals surface area contributed by atoms with Crippen molar-refractivity contribution >= 4 is 22.2 Å². The van der Waals surface area contributed by atoms with Gasteiger partial charge in [0.15, 0.2) is 11.5 Å². The number of nitrogens with one attached hydrogen (secondary N) is 1. The standard InChI is InChI=1S/C23H22N4O5S/c1-13-7-5-6-8-16(13)22-26-27-19(28)11-15(25-23(27)33-22)12-24-21(29)14-9-17(30-2)20(32-4)18(10-14)31-3/h5-11H,12H2,1-4H3,(H,24,29). The number of nitrogens with zero attached hydrogens (tertiary/aromatic N) is 3. The van der Waals surface area contributed by atoms with Crippen LogP contribution in [0.2, 0.25) is 0 Å². The van der Waals surface area contributed by atoms with E-state index in [1.165, 1.54) is 43.2 Å². The summed E-state index contributed by atoms with van der Waals surface area (Å²) in [7, 11) is 4.45. The molecule has 0 fully saturated rings. The smallest absolute Gasteiger partial charge is 0.275 e. The van der Waals surface area contributed by atoms with Crippen molar-refractivity contribution in [3.63, 3.8) is 0 Å². The third kappa shape index (κ3) is 4.37. The zero-order valence-corrected chi connectivity index (χ0v) is 19.4. The number of carbonyl (C=O) groups is 1. The Morgan fingerprint density at radius 3 is 2.39 bits per heavy atom. The number of amides is 1. The average molecular weight is 467 g/mol. The largest absolute Gasteiger partial charge is 0.493 e. The third-order valence-electron chi connectivity index (χ3n) is 5.03. The molecule has 0 saturated heterocycles. The van der Waals surface area contributed by atoms with Crippen molar-refractivity contribution in [2.24, 2.45) is 0 Å². The molecule has 0 saturated carbocycles. The molecule has 1 N–H and O–H groups in total. The minimum absolute atomic E-state index is 0.0683. The number of fused-ring (bicyclic) bond motifs is 1.